The SMILES string of the molecule is CC.CC1CC2(CNCCO2)C1. The molecular formula is C10H21NO. The lowest BCUT2D eigenvalue weighted by Gasteiger charge is -2.48. The summed E-state index contributed by atoms with van der Waals surface area (Å²) >= 11 is 0. The van der Waals surface area contributed by atoms with E-state index in [0.717, 1.165) is 25.6 Å². The smallest absolute Gasteiger partial charge is 0.0812 e. The monoisotopic (exact) mass is 171 g/mol. The molecule has 2 heteroatoms. The predicted octanol–water partition coefficient (Wildman–Crippen LogP) is 1.80. The van der Waals surface area contributed by atoms with Crippen molar-refractivity contribution >= 4 is 0 Å². The van der Waals surface area contributed by atoms with Crippen LogP contribution in [-0.4, -0.2) is 25.3 Å². The van der Waals surface area contributed by atoms with Gasteiger partial charge in [0, 0.05) is 13.1 Å². The fourth-order valence-corrected chi connectivity index (χ4v) is 2.18. The molecule has 2 nitrogen and oxygen atoms in total. The molecule has 0 aromatic heterocycles. The average molecular weight is 171 g/mol. The molecule has 1 aliphatic heterocycles. The lowest BCUT2D eigenvalue weighted by atomic mass is 9.71. The van der Waals surface area contributed by atoms with Gasteiger partial charge in [0.2, 0.25) is 0 Å². The Labute approximate surface area is 75.7 Å². The van der Waals surface area contributed by atoms with Crippen LogP contribution in [-0.2, 0) is 4.74 Å². The van der Waals surface area contributed by atoms with Gasteiger partial charge < -0.3 is 10.1 Å². The Hall–Kier alpha value is -0.0800. The quantitative estimate of drug-likeness (QED) is 0.600. The molecule has 1 N–H and O–H groups in total. The van der Waals surface area contributed by atoms with Crippen molar-refractivity contribution in [3.8, 4) is 0 Å². The molecule has 2 aliphatic rings. The van der Waals surface area contributed by atoms with E-state index in [1.54, 1.807) is 0 Å². The zero-order valence-corrected chi connectivity index (χ0v) is 8.52. The van der Waals surface area contributed by atoms with E-state index in [4.69, 9.17) is 4.74 Å². The van der Waals surface area contributed by atoms with E-state index in [-0.39, 0.29) is 5.60 Å². The fraction of sp³-hybridized carbons (Fsp3) is 1.00. The molecule has 1 heterocycles. The fourth-order valence-electron chi connectivity index (χ4n) is 2.18. The second kappa shape index (κ2) is 4.24. The first-order valence-corrected chi connectivity index (χ1v) is 5.15. The van der Waals surface area contributed by atoms with E-state index in [2.05, 4.69) is 12.2 Å². The summed E-state index contributed by atoms with van der Waals surface area (Å²) in [5.41, 5.74) is 0.262. The first-order valence-electron chi connectivity index (χ1n) is 5.15. The highest BCUT2D eigenvalue weighted by Gasteiger charge is 2.43. The molecule has 1 saturated carbocycles. The third-order valence-corrected chi connectivity index (χ3v) is 2.58. The molecule has 1 spiro atoms. The molecule has 0 unspecified atom stereocenters. The van der Waals surface area contributed by atoms with Crippen LogP contribution in [0.4, 0.5) is 0 Å². The normalized spacial score (nSPS) is 39.8. The number of nitrogens with one attached hydrogen (secondary N) is 1. The van der Waals surface area contributed by atoms with Crippen molar-refractivity contribution in [2.45, 2.75) is 39.2 Å². The van der Waals surface area contributed by atoms with Gasteiger partial charge in [-0.3, -0.25) is 0 Å². The lowest BCUT2D eigenvalue weighted by molar-refractivity contribution is -0.138. The molecule has 0 amide bonds. The summed E-state index contributed by atoms with van der Waals surface area (Å²) in [5.74, 6) is 0.889. The minimum atomic E-state index is 0.262. The summed E-state index contributed by atoms with van der Waals surface area (Å²) in [4.78, 5) is 0. The van der Waals surface area contributed by atoms with Gasteiger partial charge in [-0.2, -0.15) is 0 Å². The first-order chi connectivity index (χ1) is 5.81. The maximum Gasteiger partial charge on any atom is 0.0812 e. The van der Waals surface area contributed by atoms with Crippen molar-refractivity contribution < 1.29 is 4.74 Å². The van der Waals surface area contributed by atoms with Crippen molar-refractivity contribution in [2.75, 3.05) is 19.7 Å². The van der Waals surface area contributed by atoms with Crippen LogP contribution in [0.3, 0.4) is 0 Å². The second-order valence-corrected chi connectivity index (χ2v) is 3.72. The van der Waals surface area contributed by atoms with Crippen molar-refractivity contribution in [3.05, 3.63) is 0 Å². The molecule has 2 rings (SSSR count). The zero-order chi connectivity index (χ0) is 9.03. The second-order valence-electron chi connectivity index (χ2n) is 3.72. The number of hydrogen-bond donors (Lipinski definition) is 1. The zero-order valence-electron chi connectivity index (χ0n) is 8.52. The maximum absolute atomic E-state index is 5.71. The Bertz CT molecular complexity index is 114. The van der Waals surface area contributed by atoms with E-state index in [1.807, 2.05) is 13.8 Å². The van der Waals surface area contributed by atoms with Crippen LogP contribution >= 0.6 is 0 Å². The van der Waals surface area contributed by atoms with Gasteiger partial charge in [-0.25, -0.2) is 0 Å². The van der Waals surface area contributed by atoms with Gasteiger partial charge >= 0.3 is 0 Å². The van der Waals surface area contributed by atoms with Crippen LogP contribution in [0.25, 0.3) is 0 Å². The number of rotatable bonds is 0. The van der Waals surface area contributed by atoms with E-state index in [1.165, 1.54) is 12.8 Å². The maximum atomic E-state index is 5.71. The molecule has 0 bridgehead atoms. The highest BCUT2D eigenvalue weighted by molar-refractivity contribution is 4.97. The van der Waals surface area contributed by atoms with E-state index in [0.29, 0.717) is 0 Å². The van der Waals surface area contributed by atoms with Crippen molar-refractivity contribution in [1.29, 1.82) is 0 Å². The lowest BCUT2D eigenvalue weighted by Crippen LogP contribution is -2.56. The standard InChI is InChI=1S/C8H15NO.C2H6/c1-7-4-8(5-7)6-9-2-3-10-8;1-2/h7,9H,2-6H2,1H3;1-2H3. The summed E-state index contributed by atoms with van der Waals surface area (Å²) in [6.45, 7) is 9.32. The number of ether oxygens (including phenoxy) is 1. The Kier molecular flexibility index (Phi) is 3.53. The van der Waals surface area contributed by atoms with Crippen LogP contribution in [0.2, 0.25) is 0 Å². The molecule has 0 atom stereocenters. The molecule has 72 valence electrons. The average Bonchev–Trinajstić information content (AvgIpc) is 2.08. The highest BCUT2D eigenvalue weighted by atomic mass is 16.5. The van der Waals surface area contributed by atoms with E-state index >= 15 is 0 Å². The van der Waals surface area contributed by atoms with Crippen LogP contribution in [0, 0.1) is 5.92 Å². The summed E-state index contributed by atoms with van der Waals surface area (Å²) < 4.78 is 5.71. The molecular weight excluding hydrogens is 150 g/mol. The molecule has 0 aromatic carbocycles. The van der Waals surface area contributed by atoms with Gasteiger partial charge in [0.1, 0.15) is 0 Å². The molecule has 0 aromatic rings. The van der Waals surface area contributed by atoms with E-state index < -0.39 is 0 Å². The third kappa shape index (κ3) is 1.99. The topological polar surface area (TPSA) is 21.3 Å². The van der Waals surface area contributed by atoms with Crippen LogP contribution < -0.4 is 5.32 Å². The molecule has 12 heavy (non-hydrogen) atoms. The van der Waals surface area contributed by atoms with Crippen LogP contribution in [0.15, 0.2) is 0 Å². The number of morpholine rings is 1. The highest BCUT2D eigenvalue weighted by Crippen LogP contribution is 2.40. The summed E-state index contributed by atoms with van der Waals surface area (Å²) in [6.07, 6.45) is 2.53. The van der Waals surface area contributed by atoms with Crippen molar-refractivity contribution in [2.24, 2.45) is 5.92 Å². The Balaban J connectivity index is 0.000000336. The first kappa shape index (κ1) is 10.0. The van der Waals surface area contributed by atoms with Crippen molar-refractivity contribution in [3.63, 3.8) is 0 Å². The van der Waals surface area contributed by atoms with Gasteiger partial charge in [-0.15, -0.1) is 0 Å². The minimum absolute atomic E-state index is 0.262. The van der Waals surface area contributed by atoms with Gasteiger partial charge in [-0.05, 0) is 18.8 Å². The Morgan fingerprint density at radius 2 is 2.00 bits per heavy atom. The largest absolute Gasteiger partial charge is 0.372 e. The predicted molar refractivity (Wildman–Crippen MR) is 51.3 cm³/mol. The molecule has 1 aliphatic carbocycles. The van der Waals surface area contributed by atoms with Crippen LogP contribution in [0.1, 0.15) is 33.6 Å². The molecule has 0 radical (unpaired) electrons. The van der Waals surface area contributed by atoms with Gasteiger partial charge in [0.05, 0.1) is 12.2 Å². The van der Waals surface area contributed by atoms with Crippen molar-refractivity contribution in [1.82, 2.24) is 5.32 Å². The number of hydrogen-bond acceptors (Lipinski definition) is 2. The van der Waals surface area contributed by atoms with Gasteiger partial charge in [0.15, 0.2) is 0 Å². The Morgan fingerprint density at radius 1 is 1.33 bits per heavy atom. The summed E-state index contributed by atoms with van der Waals surface area (Å²) in [6, 6.07) is 0. The van der Waals surface area contributed by atoms with Gasteiger partial charge in [-0.1, -0.05) is 20.8 Å². The summed E-state index contributed by atoms with van der Waals surface area (Å²) in [5, 5.41) is 3.37. The minimum Gasteiger partial charge on any atom is -0.372 e. The van der Waals surface area contributed by atoms with Crippen LogP contribution in [0.5, 0.6) is 0 Å². The third-order valence-electron chi connectivity index (χ3n) is 2.58. The van der Waals surface area contributed by atoms with Gasteiger partial charge in [0.25, 0.3) is 0 Å². The van der Waals surface area contributed by atoms with E-state index in [9.17, 15) is 0 Å². The Morgan fingerprint density at radius 3 is 2.42 bits per heavy atom. The summed E-state index contributed by atoms with van der Waals surface area (Å²) in [7, 11) is 0. The molecule has 1 saturated heterocycles. The molecule has 2 fully saturated rings.